The normalized spacial score (nSPS) is 21.9. The lowest BCUT2D eigenvalue weighted by atomic mass is 10.0. The Hall–Kier alpha value is -1.39. The zero-order valence-electron chi connectivity index (χ0n) is 15.6. The minimum atomic E-state index is 0.283. The average molecular weight is 332 g/mol. The first-order chi connectivity index (χ1) is 11.5. The maximum Gasteiger partial charge on any atom is 0.223 e. The highest BCUT2D eigenvalue weighted by molar-refractivity contribution is 5.76. The second-order valence-corrected chi connectivity index (χ2v) is 7.07. The monoisotopic (exact) mass is 332 g/mol. The number of carbonyl (C=O) groups is 1. The maximum absolute atomic E-state index is 12.6. The lowest BCUT2D eigenvalue weighted by molar-refractivity contribution is -0.135. The van der Waals surface area contributed by atoms with Gasteiger partial charge in [0.05, 0.1) is 0 Å². The van der Waals surface area contributed by atoms with Gasteiger partial charge in [-0.15, -0.1) is 0 Å². The Bertz CT molecular complexity index is 503. The summed E-state index contributed by atoms with van der Waals surface area (Å²) in [6.07, 6.45) is 2.48. The average Bonchev–Trinajstić information content (AvgIpc) is 2.56. The highest BCUT2D eigenvalue weighted by Crippen LogP contribution is 2.17. The minimum absolute atomic E-state index is 0.283. The van der Waals surface area contributed by atoms with Gasteiger partial charge < -0.3 is 9.64 Å². The van der Waals surface area contributed by atoms with Crippen LogP contribution in [0, 0.1) is 6.92 Å². The van der Waals surface area contributed by atoms with E-state index >= 15 is 0 Å². The molecule has 1 aromatic rings. The lowest BCUT2D eigenvalue weighted by Gasteiger charge is -2.44. The predicted octanol–water partition coefficient (Wildman–Crippen LogP) is 2.89. The van der Waals surface area contributed by atoms with Gasteiger partial charge in [-0.25, -0.2) is 0 Å². The third-order valence-corrected chi connectivity index (χ3v) is 4.97. The molecule has 0 radical (unpaired) electrons. The largest absolute Gasteiger partial charge is 0.385 e. The van der Waals surface area contributed by atoms with Crippen LogP contribution in [-0.4, -0.2) is 61.1 Å². The fourth-order valence-corrected chi connectivity index (χ4v) is 3.56. The summed E-state index contributed by atoms with van der Waals surface area (Å²) in [7, 11) is 1.75. The molecule has 1 saturated heterocycles. The molecule has 0 N–H and O–H groups in total. The Morgan fingerprint density at radius 3 is 2.38 bits per heavy atom. The summed E-state index contributed by atoms with van der Waals surface area (Å²) >= 11 is 0. The van der Waals surface area contributed by atoms with Crippen molar-refractivity contribution >= 4 is 5.91 Å². The maximum atomic E-state index is 12.6. The second kappa shape index (κ2) is 9.19. The van der Waals surface area contributed by atoms with Crippen LogP contribution in [0.4, 0.5) is 0 Å². The molecule has 1 aliphatic heterocycles. The molecule has 24 heavy (non-hydrogen) atoms. The second-order valence-electron chi connectivity index (χ2n) is 7.07. The predicted molar refractivity (Wildman–Crippen MR) is 98.2 cm³/mol. The number of nitrogens with zero attached hydrogens (tertiary/aromatic N) is 2. The fourth-order valence-electron chi connectivity index (χ4n) is 3.56. The van der Waals surface area contributed by atoms with Crippen LogP contribution in [-0.2, 0) is 16.0 Å². The molecule has 0 bridgehead atoms. The van der Waals surface area contributed by atoms with E-state index in [9.17, 15) is 4.79 Å². The van der Waals surface area contributed by atoms with Gasteiger partial charge in [0.15, 0.2) is 0 Å². The topological polar surface area (TPSA) is 32.8 Å². The van der Waals surface area contributed by atoms with E-state index in [1.165, 1.54) is 11.1 Å². The molecule has 1 aliphatic rings. The number of ether oxygens (including phenoxy) is 1. The molecule has 4 heteroatoms. The molecule has 1 aromatic carbocycles. The van der Waals surface area contributed by atoms with E-state index in [1.807, 2.05) is 0 Å². The van der Waals surface area contributed by atoms with Crippen molar-refractivity contribution < 1.29 is 9.53 Å². The Morgan fingerprint density at radius 1 is 1.17 bits per heavy atom. The van der Waals surface area contributed by atoms with E-state index in [1.54, 1.807) is 7.11 Å². The minimum Gasteiger partial charge on any atom is -0.385 e. The number of piperazine rings is 1. The molecule has 0 aromatic heterocycles. The van der Waals surface area contributed by atoms with Gasteiger partial charge in [-0.05, 0) is 39.2 Å². The molecule has 134 valence electrons. The van der Waals surface area contributed by atoms with Gasteiger partial charge in [0, 0.05) is 51.9 Å². The van der Waals surface area contributed by atoms with Crippen molar-refractivity contribution in [2.45, 2.75) is 52.1 Å². The molecule has 4 nitrogen and oxygen atoms in total. The van der Waals surface area contributed by atoms with E-state index in [0.717, 1.165) is 39.1 Å². The molecular formula is C20H32N2O2. The smallest absolute Gasteiger partial charge is 0.223 e. The van der Waals surface area contributed by atoms with Crippen LogP contribution >= 0.6 is 0 Å². The highest BCUT2D eigenvalue weighted by atomic mass is 16.5. The molecular weight excluding hydrogens is 300 g/mol. The standard InChI is InChI=1S/C20H32N2O2/c1-16-6-8-19(9-7-16)10-11-20(23)21-14-17(2)22(18(3)15-21)12-5-13-24-4/h6-9,17-18H,5,10-15H2,1-4H3. The number of carbonyl (C=O) groups excluding carboxylic acids is 1. The zero-order valence-corrected chi connectivity index (χ0v) is 15.6. The first-order valence-corrected chi connectivity index (χ1v) is 9.09. The summed E-state index contributed by atoms with van der Waals surface area (Å²) in [5.41, 5.74) is 2.51. The van der Waals surface area contributed by atoms with Crippen LogP contribution in [0.15, 0.2) is 24.3 Å². The summed E-state index contributed by atoms with van der Waals surface area (Å²) in [5.74, 6) is 0.283. The first kappa shape index (κ1) is 18.9. The third-order valence-electron chi connectivity index (χ3n) is 4.97. The van der Waals surface area contributed by atoms with Crippen molar-refractivity contribution in [3.05, 3.63) is 35.4 Å². The number of aryl methyl sites for hydroxylation is 2. The van der Waals surface area contributed by atoms with E-state index in [4.69, 9.17) is 4.74 Å². The van der Waals surface area contributed by atoms with Gasteiger partial charge in [0.1, 0.15) is 0 Å². The molecule has 2 atom stereocenters. The van der Waals surface area contributed by atoms with Crippen LogP contribution in [0.5, 0.6) is 0 Å². The Morgan fingerprint density at radius 2 is 1.79 bits per heavy atom. The fraction of sp³-hybridized carbons (Fsp3) is 0.650. The van der Waals surface area contributed by atoms with E-state index in [0.29, 0.717) is 18.5 Å². The summed E-state index contributed by atoms with van der Waals surface area (Å²) in [6.45, 7) is 10.1. The zero-order chi connectivity index (χ0) is 17.5. The molecule has 1 fully saturated rings. The molecule has 0 spiro atoms. The van der Waals surface area contributed by atoms with Crippen molar-refractivity contribution in [1.29, 1.82) is 0 Å². The van der Waals surface area contributed by atoms with E-state index in [2.05, 4.69) is 54.8 Å². The lowest BCUT2D eigenvalue weighted by Crippen LogP contribution is -2.58. The van der Waals surface area contributed by atoms with Gasteiger partial charge in [0.25, 0.3) is 0 Å². The van der Waals surface area contributed by atoms with E-state index in [-0.39, 0.29) is 5.91 Å². The number of hydrogen-bond acceptors (Lipinski definition) is 3. The van der Waals surface area contributed by atoms with Crippen LogP contribution in [0.2, 0.25) is 0 Å². The van der Waals surface area contributed by atoms with Crippen molar-refractivity contribution in [2.75, 3.05) is 33.4 Å². The van der Waals surface area contributed by atoms with Gasteiger partial charge in [0.2, 0.25) is 5.91 Å². The van der Waals surface area contributed by atoms with Crippen LogP contribution < -0.4 is 0 Å². The number of benzene rings is 1. The number of rotatable bonds is 7. The summed E-state index contributed by atoms with van der Waals surface area (Å²) < 4.78 is 5.15. The molecule has 1 heterocycles. The van der Waals surface area contributed by atoms with E-state index < -0.39 is 0 Å². The van der Waals surface area contributed by atoms with Crippen molar-refractivity contribution in [3.63, 3.8) is 0 Å². The summed E-state index contributed by atoms with van der Waals surface area (Å²) in [5, 5.41) is 0. The number of hydrogen-bond donors (Lipinski definition) is 0. The summed E-state index contributed by atoms with van der Waals surface area (Å²) in [4.78, 5) is 17.1. The van der Waals surface area contributed by atoms with Gasteiger partial charge in [-0.2, -0.15) is 0 Å². The van der Waals surface area contributed by atoms with Crippen molar-refractivity contribution in [2.24, 2.45) is 0 Å². The molecule has 0 aliphatic carbocycles. The van der Waals surface area contributed by atoms with Crippen molar-refractivity contribution in [3.8, 4) is 0 Å². The van der Waals surface area contributed by atoms with Crippen LogP contribution in [0.1, 0.15) is 37.8 Å². The quantitative estimate of drug-likeness (QED) is 0.720. The van der Waals surface area contributed by atoms with Gasteiger partial charge in [-0.1, -0.05) is 29.8 Å². The number of methoxy groups -OCH3 is 1. The third kappa shape index (κ3) is 5.32. The molecule has 1 amide bonds. The Labute approximate surface area is 146 Å². The SMILES string of the molecule is COCCCN1C(C)CN(C(=O)CCc2ccc(C)cc2)CC1C. The van der Waals surface area contributed by atoms with Gasteiger partial charge >= 0.3 is 0 Å². The first-order valence-electron chi connectivity index (χ1n) is 9.09. The molecule has 2 unspecified atom stereocenters. The van der Waals surface area contributed by atoms with Crippen LogP contribution in [0.3, 0.4) is 0 Å². The highest BCUT2D eigenvalue weighted by Gasteiger charge is 2.30. The van der Waals surface area contributed by atoms with Crippen LogP contribution in [0.25, 0.3) is 0 Å². The van der Waals surface area contributed by atoms with Gasteiger partial charge in [-0.3, -0.25) is 9.69 Å². The Kier molecular flexibility index (Phi) is 7.25. The summed E-state index contributed by atoms with van der Waals surface area (Å²) in [6, 6.07) is 9.30. The Balaban J connectivity index is 1.82. The van der Waals surface area contributed by atoms with Crippen molar-refractivity contribution in [1.82, 2.24) is 9.80 Å². The number of amides is 1. The molecule has 0 saturated carbocycles. The molecule has 2 rings (SSSR count).